The molecule has 55 heavy (non-hydrogen) atoms. The van der Waals surface area contributed by atoms with E-state index >= 15 is 17.6 Å². The van der Waals surface area contributed by atoms with Crippen LogP contribution in [0.2, 0.25) is 0 Å². The maximum atomic E-state index is 17.0. The predicted octanol–water partition coefficient (Wildman–Crippen LogP) is 9.94. The molecule has 0 aliphatic heterocycles. The van der Waals surface area contributed by atoms with E-state index in [9.17, 15) is 75.5 Å². The summed E-state index contributed by atoms with van der Waals surface area (Å²) in [6.07, 6.45) is -17.4. The van der Waals surface area contributed by atoms with Gasteiger partial charge in [0.15, 0.2) is 0 Å². The number of halogens is 14. The monoisotopic (exact) mass is 774 g/mol. The lowest BCUT2D eigenvalue weighted by atomic mass is 9.83. The quantitative estimate of drug-likeness (QED) is 0.187. The first-order valence-electron chi connectivity index (χ1n) is 14.0. The van der Waals surface area contributed by atoms with Crippen molar-refractivity contribution in [2.45, 2.75) is 18.5 Å². The molecule has 0 heterocycles. The molecule has 3 aromatic carbocycles. The van der Waals surface area contributed by atoms with Crippen LogP contribution in [0.15, 0.2) is 35.4 Å². The highest BCUT2D eigenvalue weighted by molar-refractivity contribution is 6.31. The third-order valence-corrected chi connectivity index (χ3v) is 8.12. The highest BCUT2D eigenvalue weighted by Crippen LogP contribution is 2.60. The van der Waals surface area contributed by atoms with E-state index in [0.29, 0.717) is 0 Å². The third-order valence-electron chi connectivity index (χ3n) is 8.12. The van der Waals surface area contributed by atoms with Gasteiger partial charge in [-0.3, -0.25) is 0 Å². The van der Waals surface area contributed by atoms with Crippen LogP contribution in [-0.2, 0) is 18.5 Å². The molecule has 2 aliphatic carbocycles. The van der Waals surface area contributed by atoms with E-state index in [1.165, 1.54) is 12.1 Å². The van der Waals surface area contributed by atoms with Gasteiger partial charge in [-0.15, -0.1) is 0 Å². The fourth-order valence-corrected chi connectivity index (χ4v) is 6.27. The molecule has 0 amide bonds. The molecule has 0 saturated carbocycles. The molecule has 0 radical (unpaired) electrons. The van der Waals surface area contributed by atoms with Crippen molar-refractivity contribution >= 4 is 33.4 Å². The first kappa shape index (κ1) is 38.8. The molecule has 0 unspecified atom stereocenters. The van der Waals surface area contributed by atoms with Gasteiger partial charge in [0.05, 0.1) is 16.7 Å². The minimum Gasteiger partial charge on any atom is -0.206 e. The summed E-state index contributed by atoms with van der Waals surface area (Å²) >= 11 is 0. The van der Waals surface area contributed by atoms with Crippen molar-refractivity contribution in [3.63, 3.8) is 0 Å². The molecule has 0 spiro atoms. The van der Waals surface area contributed by atoms with Gasteiger partial charge in [-0.2, -0.15) is 71.1 Å². The number of fused-ring (bicyclic) bond motifs is 2. The van der Waals surface area contributed by atoms with Gasteiger partial charge in [0.2, 0.25) is 0 Å². The minimum absolute atomic E-state index is 0.156. The lowest BCUT2D eigenvalue weighted by molar-refractivity contribution is -0.143. The number of nitriles is 6. The zero-order valence-electron chi connectivity index (χ0n) is 25.8. The average molecular weight is 774 g/mol. The summed E-state index contributed by atoms with van der Waals surface area (Å²) in [5.41, 5.74) is -27.9. The topological polar surface area (TPSA) is 143 Å². The van der Waals surface area contributed by atoms with Crippen LogP contribution in [-0.4, -0.2) is 0 Å². The standard InChI is InChI=1S/C35H4F14N6/c36-17-1-11(2-18(37)29(17)33(41,42)43)21-15(9-54)25-27(23(21)13(5-50)6-51)31(35(47,48)49)28-24(14(7-52)8-53)22(16(10-55)26(28)32(25)40)12-3-19(38)30(20(39)4-12)34(44,45)46/h1-4H. The Morgan fingerprint density at radius 1 is 0.418 bits per heavy atom. The van der Waals surface area contributed by atoms with Gasteiger partial charge in [-0.1, -0.05) is 0 Å². The smallest absolute Gasteiger partial charge is 0.206 e. The van der Waals surface area contributed by atoms with Gasteiger partial charge in [0, 0.05) is 44.5 Å². The number of alkyl halides is 9. The van der Waals surface area contributed by atoms with Crippen molar-refractivity contribution < 1.29 is 61.5 Å². The van der Waals surface area contributed by atoms with Crippen LogP contribution in [0.3, 0.4) is 0 Å². The summed E-state index contributed by atoms with van der Waals surface area (Å²) < 4.78 is 203. The number of nitrogens with zero attached hydrogens (tertiary/aromatic N) is 6. The van der Waals surface area contributed by atoms with Crippen molar-refractivity contribution in [1.29, 1.82) is 31.6 Å². The van der Waals surface area contributed by atoms with Crippen molar-refractivity contribution in [3.05, 3.63) is 115 Å². The van der Waals surface area contributed by atoms with Crippen LogP contribution in [0, 0.1) is 97.1 Å². The molecule has 0 N–H and O–H groups in total. The first-order chi connectivity index (χ1) is 25.5. The zero-order chi connectivity index (χ0) is 41.3. The van der Waals surface area contributed by atoms with Gasteiger partial charge >= 0.3 is 18.5 Å². The Balaban J connectivity index is 2.10. The molecule has 6 nitrogen and oxygen atoms in total. The Hall–Kier alpha value is -7.42. The molecule has 2 aliphatic rings. The summed E-state index contributed by atoms with van der Waals surface area (Å²) in [4.78, 5) is 0. The van der Waals surface area contributed by atoms with Crippen molar-refractivity contribution in [1.82, 2.24) is 0 Å². The van der Waals surface area contributed by atoms with Crippen LogP contribution in [0.4, 0.5) is 61.5 Å². The van der Waals surface area contributed by atoms with Crippen molar-refractivity contribution in [2.24, 2.45) is 0 Å². The highest BCUT2D eigenvalue weighted by Gasteiger charge is 2.51. The lowest BCUT2D eigenvalue weighted by Gasteiger charge is -2.21. The van der Waals surface area contributed by atoms with Gasteiger partial charge in [-0.05, 0) is 35.4 Å². The SMILES string of the molecule is N#CC(C#N)=C1C(c2cc(F)c(C(F)(F)F)c(F)c2)=C(C#N)c2c(F)c3c(c(C(F)(F)F)c21)C(=C(C#N)C#N)C(c1cc(F)c(C(F)(F)F)c(F)c1)=C3C#N. The number of hydrogen-bond acceptors (Lipinski definition) is 6. The fourth-order valence-electron chi connectivity index (χ4n) is 6.27. The summed E-state index contributed by atoms with van der Waals surface area (Å²) in [6.45, 7) is 0. The second kappa shape index (κ2) is 12.9. The Bertz CT molecular complexity index is 2460. The van der Waals surface area contributed by atoms with Gasteiger partial charge in [-0.25, -0.2) is 22.0 Å². The summed E-state index contributed by atoms with van der Waals surface area (Å²) in [5.74, 6) is -11.8. The number of hydrogen-bond donors (Lipinski definition) is 0. The van der Waals surface area contributed by atoms with Gasteiger partial charge < -0.3 is 0 Å². The van der Waals surface area contributed by atoms with Crippen molar-refractivity contribution in [2.75, 3.05) is 0 Å². The summed E-state index contributed by atoms with van der Waals surface area (Å²) in [6, 6.07) is 6.22. The molecule has 20 heteroatoms. The summed E-state index contributed by atoms with van der Waals surface area (Å²) in [7, 11) is 0. The molecule has 272 valence electrons. The van der Waals surface area contributed by atoms with Crippen molar-refractivity contribution in [3.8, 4) is 36.4 Å². The third kappa shape index (κ3) is 5.78. The van der Waals surface area contributed by atoms with Crippen LogP contribution in [0.1, 0.15) is 50.1 Å². The first-order valence-corrected chi connectivity index (χ1v) is 14.0. The molecule has 3 aromatic rings. The number of allylic oxidation sites excluding steroid dienone is 8. The van der Waals surface area contributed by atoms with Gasteiger partial charge in [0.25, 0.3) is 0 Å². The van der Waals surface area contributed by atoms with Crippen LogP contribution in [0.25, 0.3) is 33.4 Å². The van der Waals surface area contributed by atoms with E-state index in [1.54, 1.807) is 0 Å². The van der Waals surface area contributed by atoms with E-state index in [-0.39, 0.29) is 24.3 Å². The zero-order valence-corrected chi connectivity index (χ0v) is 25.8. The van der Waals surface area contributed by atoms with E-state index in [1.807, 2.05) is 0 Å². The molecule has 0 fully saturated rings. The Morgan fingerprint density at radius 2 is 0.691 bits per heavy atom. The maximum Gasteiger partial charge on any atom is 0.422 e. The summed E-state index contributed by atoms with van der Waals surface area (Å²) in [5, 5.41) is 59.3. The maximum absolute atomic E-state index is 17.0. The van der Waals surface area contributed by atoms with Gasteiger partial charge in [0.1, 0.15) is 87.8 Å². The molecule has 0 aromatic heterocycles. The number of rotatable bonds is 2. The van der Waals surface area contributed by atoms with Crippen LogP contribution >= 0.6 is 0 Å². The molecule has 0 bridgehead atoms. The Morgan fingerprint density at radius 3 is 0.909 bits per heavy atom. The largest absolute Gasteiger partial charge is 0.422 e. The Kier molecular flexibility index (Phi) is 9.11. The normalized spacial score (nSPS) is 13.7. The van der Waals surface area contributed by atoms with E-state index in [0.717, 1.165) is 24.3 Å². The lowest BCUT2D eigenvalue weighted by Crippen LogP contribution is -2.16. The molecule has 0 atom stereocenters. The molecule has 5 rings (SSSR count). The Labute approximate surface area is 296 Å². The number of benzene rings is 3. The van der Waals surface area contributed by atoms with E-state index in [4.69, 9.17) is 0 Å². The second-order valence-corrected chi connectivity index (χ2v) is 11.0. The van der Waals surface area contributed by atoms with Crippen LogP contribution < -0.4 is 0 Å². The van der Waals surface area contributed by atoms with Crippen LogP contribution in [0.5, 0.6) is 0 Å². The molecular weight excluding hydrogens is 770 g/mol. The fraction of sp³-hybridized carbons (Fsp3) is 0.0857. The van der Waals surface area contributed by atoms with E-state index in [2.05, 4.69) is 0 Å². The predicted molar refractivity (Wildman–Crippen MR) is 155 cm³/mol. The van der Waals surface area contributed by atoms with E-state index < -0.39 is 142 Å². The average Bonchev–Trinajstić information content (AvgIpc) is 3.57. The molecular formula is C35H4F14N6. The second-order valence-electron chi connectivity index (χ2n) is 11.0. The molecule has 0 saturated heterocycles. The highest BCUT2D eigenvalue weighted by atomic mass is 19.4. The minimum atomic E-state index is -6.00.